The molecule has 1 aromatic rings. The van der Waals surface area contributed by atoms with Crippen LogP contribution in [0.25, 0.3) is 0 Å². The largest absolute Gasteiger partial charge is 0.392 e. The van der Waals surface area contributed by atoms with Crippen molar-refractivity contribution in [3.63, 3.8) is 0 Å². The van der Waals surface area contributed by atoms with Gasteiger partial charge in [0.15, 0.2) is 0 Å². The molecule has 0 spiro atoms. The third-order valence-electron chi connectivity index (χ3n) is 2.47. The van der Waals surface area contributed by atoms with Crippen LogP contribution in [0.5, 0.6) is 0 Å². The molecule has 0 amide bonds. The number of aliphatic hydroxyl groups is 1. The molecule has 1 unspecified atom stereocenters. The van der Waals surface area contributed by atoms with Gasteiger partial charge in [-0.3, -0.25) is 0 Å². The molecule has 16 heavy (non-hydrogen) atoms. The maximum atomic E-state index is 13.1. The van der Waals surface area contributed by atoms with E-state index in [1.807, 2.05) is 13.8 Å². The molecule has 0 saturated heterocycles. The minimum Gasteiger partial charge on any atom is -0.392 e. The Morgan fingerprint density at radius 1 is 1.44 bits per heavy atom. The molecular weight excluding hydrogens is 229 g/mol. The summed E-state index contributed by atoms with van der Waals surface area (Å²) in [6.07, 6.45) is -0.396. The smallest absolute Gasteiger partial charge is 0.142 e. The Bertz CT molecular complexity index is 344. The molecule has 0 aliphatic heterocycles. The number of aliphatic hydroxyl groups excluding tert-OH is 1. The van der Waals surface area contributed by atoms with Crippen molar-refractivity contribution in [3.05, 3.63) is 34.6 Å². The molecule has 0 aliphatic rings. The first kappa shape index (κ1) is 13.4. The van der Waals surface area contributed by atoms with Gasteiger partial charge in [0.1, 0.15) is 5.82 Å². The summed E-state index contributed by atoms with van der Waals surface area (Å²) in [5.74, 6) is -0.208. The molecule has 4 heteroatoms. The van der Waals surface area contributed by atoms with Crippen LogP contribution in [0.3, 0.4) is 0 Å². The third kappa shape index (κ3) is 3.74. The van der Waals surface area contributed by atoms with E-state index in [9.17, 15) is 9.50 Å². The van der Waals surface area contributed by atoms with Gasteiger partial charge in [0, 0.05) is 13.1 Å². The second kappa shape index (κ2) is 6.18. The van der Waals surface area contributed by atoms with E-state index in [-0.39, 0.29) is 10.9 Å². The highest BCUT2D eigenvalue weighted by Crippen LogP contribution is 2.19. The van der Waals surface area contributed by atoms with Gasteiger partial charge in [0.05, 0.1) is 11.1 Å². The van der Waals surface area contributed by atoms with E-state index in [0.717, 1.165) is 0 Å². The first-order valence-corrected chi connectivity index (χ1v) is 5.72. The van der Waals surface area contributed by atoms with Gasteiger partial charge in [-0.25, -0.2) is 4.39 Å². The number of benzene rings is 1. The van der Waals surface area contributed by atoms with Crippen LogP contribution in [0.1, 0.15) is 19.4 Å². The number of nitrogens with one attached hydrogen (secondary N) is 1. The first-order chi connectivity index (χ1) is 7.52. The first-order valence-electron chi connectivity index (χ1n) is 5.34. The monoisotopic (exact) mass is 245 g/mol. The molecule has 0 fully saturated rings. The summed E-state index contributed by atoms with van der Waals surface area (Å²) in [6.45, 7) is 4.83. The van der Waals surface area contributed by atoms with E-state index in [1.54, 1.807) is 12.1 Å². The minimum absolute atomic E-state index is 0.147. The lowest BCUT2D eigenvalue weighted by atomic mass is 10.1. The summed E-state index contributed by atoms with van der Waals surface area (Å²) in [5.41, 5.74) is 0.706. The fourth-order valence-corrected chi connectivity index (χ4v) is 1.47. The molecule has 0 heterocycles. The molecule has 1 atom stereocenters. The third-order valence-corrected chi connectivity index (χ3v) is 2.89. The van der Waals surface area contributed by atoms with Crippen LogP contribution in [0, 0.1) is 11.7 Å². The molecule has 0 aromatic heterocycles. The lowest BCUT2D eigenvalue weighted by molar-refractivity contribution is 0.123. The van der Waals surface area contributed by atoms with Gasteiger partial charge in [-0.2, -0.15) is 0 Å². The van der Waals surface area contributed by atoms with E-state index in [0.29, 0.717) is 18.7 Å². The van der Waals surface area contributed by atoms with Crippen molar-refractivity contribution in [3.8, 4) is 0 Å². The van der Waals surface area contributed by atoms with Crippen molar-refractivity contribution < 1.29 is 9.50 Å². The van der Waals surface area contributed by atoms with Crippen LogP contribution in [0.2, 0.25) is 5.02 Å². The van der Waals surface area contributed by atoms with E-state index in [1.165, 1.54) is 6.07 Å². The molecule has 2 nitrogen and oxygen atoms in total. The summed E-state index contributed by atoms with van der Waals surface area (Å²) in [4.78, 5) is 0. The van der Waals surface area contributed by atoms with Gasteiger partial charge in [-0.1, -0.05) is 37.6 Å². The molecule has 0 aliphatic carbocycles. The molecule has 0 bridgehead atoms. The number of hydrogen-bond donors (Lipinski definition) is 2. The van der Waals surface area contributed by atoms with E-state index in [4.69, 9.17) is 11.6 Å². The van der Waals surface area contributed by atoms with Crippen molar-refractivity contribution in [1.82, 2.24) is 5.32 Å². The normalized spacial score (nSPS) is 13.1. The SMILES string of the molecule is CC(C)C(O)CNCc1cccc(F)c1Cl. The summed E-state index contributed by atoms with van der Waals surface area (Å²) >= 11 is 5.79. The fraction of sp³-hybridized carbons (Fsp3) is 0.500. The molecule has 1 aromatic carbocycles. The van der Waals surface area contributed by atoms with Gasteiger partial charge in [-0.05, 0) is 17.5 Å². The quantitative estimate of drug-likeness (QED) is 0.836. The molecule has 90 valence electrons. The van der Waals surface area contributed by atoms with E-state index < -0.39 is 11.9 Å². The zero-order valence-corrected chi connectivity index (χ0v) is 10.3. The van der Waals surface area contributed by atoms with Crippen molar-refractivity contribution in [2.45, 2.75) is 26.5 Å². The van der Waals surface area contributed by atoms with Gasteiger partial charge in [-0.15, -0.1) is 0 Å². The predicted molar refractivity (Wildman–Crippen MR) is 64.0 cm³/mol. The van der Waals surface area contributed by atoms with Crippen molar-refractivity contribution in [2.75, 3.05) is 6.54 Å². The maximum Gasteiger partial charge on any atom is 0.142 e. The van der Waals surface area contributed by atoms with E-state index >= 15 is 0 Å². The summed E-state index contributed by atoms with van der Waals surface area (Å²) in [6, 6.07) is 4.71. The summed E-state index contributed by atoms with van der Waals surface area (Å²) in [7, 11) is 0. The lowest BCUT2D eigenvalue weighted by Gasteiger charge is -2.15. The Morgan fingerprint density at radius 3 is 2.75 bits per heavy atom. The Labute approximate surface area is 100 Å². The lowest BCUT2D eigenvalue weighted by Crippen LogP contribution is -2.30. The van der Waals surface area contributed by atoms with Crippen LogP contribution in [-0.2, 0) is 6.54 Å². The molecular formula is C12H17ClFNO. The average molecular weight is 246 g/mol. The summed E-state index contributed by atoms with van der Waals surface area (Å²) in [5, 5.41) is 12.8. The standard InChI is InChI=1S/C12H17ClFNO/c1-8(2)11(16)7-15-6-9-4-3-5-10(14)12(9)13/h3-5,8,11,15-16H,6-7H2,1-2H3. The van der Waals surface area contributed by atoms with Crippen LogP contribution in [0.15, 0.2) is 18.2 Å². The zero-order valence-electron chi connectivity index (χ0n) is 9.50. The highest BCUT2D eigenvalue weighted by Gasteiger charge is 2.09. The fourth-order valence-electron chi connectivity index (χ4n) is 1.28. The Balaban J connectivity index is 2.46. The molecule has 2 N–H and O–H groups in total. The maximum absolute atomic E-state index is 13.1. The van der Waals surface area contributed by atoms with Gasteiger partial charge in [0.25, 0.3) is 0 Å². The Kier molecular flexibility index (Phi) is 5.19. The van der Waals surface area contributed by atoms with Crippen molar-refractivity contribution in [1.29, 1.82) is 0 Å². The second-order valence-corrected chi connectivity index (χ2v) is 4.53. The van der Waals surface area contributed by atoms with Crippen LogP contribution >= 0.6 is 11.6 Å². The molecule has 0 saturated carbocycles. The number of hydrogen-bond acceptors (Lipinski definition) is 2. The summed E-state index contributed by atoms with van der Waals surface area (Å²) < 4.78 is 13.1. The Morgan fingerprint density at radius 2 is 2.12 bits per heavy atom. The second-order valence-electron chi connectivity index (χ2n) is 4.16. The predicted octanol–water partition coefficient (Wildman–Crippen LogP) is 2.59. The van der Waals surface area contributed by atoms with Crippen LogP contribution in [0.4, 0.5) is 4.39 Å². The van der Waals surface area contributed by atoms with Crippen molar-refractivity contribution >= 4 is 11.6 Å². The molecule has 0 radical (unpaired) electrons. The highest BCUT2D eigenvalue weighted by molar-refractivity contribution is 6.31. The highest BCUT2D eigenvalue weighted by atomic mass is 35.5. The minimum atomic E-state index is -0.412. The van der Waals surface area contributed by atoms with Gasteiger partial charge < -0.3 is 10.4 Å². The number of rotatable bonds is 5. The Hall–Kier alpha value is -0.640. The zero-order chi connectivity index (χ0) is 12.1. The molecule has 1 rings (SSSR count). The van der Waals surface area contributed by atoms with E-state index in [2.05, 4.69) is 5.32 Å². The topological polar surface area (TPSA) is 32.3 Å². The van der Waals surface area contributed by atoms with Crippen LogP contribution < -0.4 is 5.32 Å². The number of halogens is 2. The van der Waals surface area contributed by atoms with Gasteiger partial charge in [0.2, 0.25) is 0 Å². The van der Waals surface area contributed by atoms with Gasteiger partial charge >= 0.3 is 0 Å². The van der Waals surface area contributed by atoms with Crippen molar-refractivity contribution in [2.24, 2.45) is 5.92 Å². The average Bonchev–Trinajstić information content (AvgIpc) is 2.24. The van der Waals surface area contributed by atoms with Crippen LogP contribution in [-0.4, -0.2) is 17.8 Å².